The maximum atomic E-state index is 11.2. The molecule has 0 aromatic rings. The second kappa shape index (κ2) is 3.00. The molecule has 1 aliphatic heterocycles. The van der Waals surface area contributed by atoms with E-state index in [-0.39, 0.29) is 6.03 Å². The molecule has 0 unspecified atom stereocenters. The predicted molar refractivity (Wildman–Crippen MR) is 41.8 cm³/mol. The summed E-state index contributed by atoms with van der Waals surface area (Å²) in [7, 11) is 1.66. The van der Waals surface area contributed by atoms with Crippen molar-refractivity contribution in [1.82, 2.24) is 9.80 Å². The van der Waals surface area contributed by atoms with E-state index in [0.717, 1.165) is 0 Å². The minimum absolute atomic E-state index is 0.204. The van der Waals surface area contributed by atoms with Crippen LogP contribution in [-0.4, -0.2) is 53.1 Å². The van der Waals surface area contributed by atoms with Gasteiger partial charge in [-0.2, -0.15) is 0 Å². The van der Waals surface area contributed by atoms with Gasteiger partial charge < -0.3 is 14.9 Å². The van der Waals surface area contributed by atoms with Crippen LogP contribution >= 0.6 is 0 Å². The number of rotatable bonds is 2. The van der Waals surface area contributed by atoms with E-state index in [4.69, 9.17) is 5.11 Å². The van der Waals surface area contributed by atoms with Gasteiger partial charge in [-0.15, -0.1) is 0 Å². The van der Waals surface area contributed by atoms with Crippen molar-refractivity contribution in [2.75, 3.05) is 20.1 Å². The van der Waals surface area contributed by atoms with Gasteiger partial charge in [0, 0.05) is 20.1 Å². The Hall–Kier alpha value is -1.26. The molecule has 1 aliphatic rings. The summed E-state index contributed by atoms with van der Waals surface area (Å²) < 4.78 is 0. The van der Waals surface area contributed by atoms with Gasteiger partial charge in [-0.3, -0.25) is 0 Å². The van der Waals surface area contributed by atoms with E-state index in [1.54, 1.807) is 7.05 Å². The van der Waals surface area contributed by atoms with Crippen molar-refractivity contribution in [3.8, 4) is 0 Å². The number of urea groups is 1. The molecule has 1 N–H and O–H groups in total. The van der Waals surface area contributed by atoms with Gasteiger partial charge >= 0.3 is 12.0 Å². The summed E-state index contributed by atoms with van der Waals surface area (Å²) in [4.78, 5) is 24.6. The summed E-state index contributed by atoms with van der Waals surface area (Å²) in [5.41, 5.74) is 0. The first-order chi connectivity index (χ1) is 5.54. The Morgan fingerprint density at radius 2 is 2.17 bits per heavy atom. The Bertz CT molecular complexity index is 217. The maximum absolute atomic E-state index is 11.2. The van der Waals surface area contributed by atoms with Gasteiger partial charge in [0.2, 0.25) is 0 Å². The molecule has 0 aliphatic carbocycles. The van der Waals surface area contributed by atoms with Crippen LogP contribution in [0.5, 0.6) is 0 Å². The van der Waals surface area contributed by atoms with Crippen LogP contribution in [-0.2, 0) is 4.79 Å². The van der Waals surface area contributed by atoms with Gasteiger partial charge in [0.05, 0.1) is 0 Å². The Morgan fingerprint density at radius 1 is 1.58 bits per heavy atom. The molecule has 0 bridgehead atoms. The lowest BCUT2D eigenvalue weighted by molar-refractivity contribution is -0.141. The van der Waals surface area contributed by atoms with Gasteiger partial charge in [-0.25, -0.2) is 9.59 Å². The third kappa shape index (κ3) is 1.34. The fraction of sp³-hybridized carbons (Fsp3) is 0.714. The summed E-state index contributed by atoms with van der Waals surface area (Å²) >= 11 is 0. The lowest BCUT2D eigenvalue weighted by Crippen LogP contribution is -2.41. The highest BCUT2D eigenvalue weighted by molar-refractivity contribution is 5.83. The largest absolute Gasteiger partial charge is 0.480 e. The number of amides is 2. The normalized spacial score (nSPS) is 20.0. The lowest BCUT2D eigenvalue weighted by atomic mass is 10.3. The van der Waals surface area contributed by atoms with E-state index >= 15 is 0 Å². The molecule has 68 valence electrons. The Kier molecular flexibility index (Phi) is 2.21. The zero-order valence-corrected chi connectivity index (χ0v) is 7.15. The molecule has 5 heteroatoms. The number of carbonyl (C=O) groups is 2. The lowest BCUT2D eigenvalue weighted by Gasteiger charge is -2.19. The van der Waals surface area contributed by atoms with Crippen LogP contribution in [0.3, 0.4) is 0 Å². The number of aliphatic carboxylic acids is 1. The number of hydrogen-bond donors (Lipinski definition) is 1. The number of nitrogens with zero attached hydrogens (tertiary/aromatic N) is 2. The first-order valence-corrected chi connectivity index (χ1v) is 3.78. The summed E-state index contributed by atoms with van der Waals surface area (Å²) in [5.74, 6) is -0.960. The fourth-order valence-corrected chi connectivity index (χ4v) is 1.16. The maximum Gasteiger partial charge on any atom is 0.326 e. The summed E-state index contributed by atoms with van der Waals surface area (Å²) in [6.07, 6.45) is 0. The number of hydrogen-bond acceptors (Lipinski definition) is 2. The van der Waals surface area contributed by atoms with Crippen molar-refractivity contribution in [2.45, 2.75) is 13.0 Å². The van der Waals surface area contributed by atoms with E-state index in [9.17, 15) is 9.59 Å². The topological polar surface area (TPSA) is 60.9 Å². The van der Waals surface area contributed by atoms with Crippen LogP contribution < -0.4 is 0 Å². The molecule has 1 heterocycles. The van der Waals surface area contributed by atoms with Gasteiger partial charge in [-0.05, 0) is 6.92 Å². The van der Waals surface area contributed by atoms with E-state index in [1.807, 2.05) is 0 Å². The summed E-state index contributed by atoms with van der Waals surface area (Å²) in [6, 6.07) is -0.924. The summed E-state index contributed by atoms with van der Waals surface area (Å²) in [6.45, 7) is 2.62. The quantitative estimate of drug-likeness (QED) is 0.629. The monoisotopic (exact) mass is 172 g/mol. The Morgan fingerprint density at radius 3 is 2.50 bits per heavy atom. The van der Waals surface area contributed by atoms with E-state index in [1.165, 1.54) is 16.7 Å². The number of carbonyl (C=O) groups excluding carboxylic acids is 1. The molecule has 1 saturated heterocycles. The molecule has 2 amide bonds. The highest BCUT2D eigenvalue weighted by atomic mass is 16.4. The molecule has 0 aromatic carbocycles. The van der Waals surface area contributed by atoms with Crippen molar-refractivity contribution < 1.29 is 14.7 Å². The number of carboxylic acid groups (broad SMARTS) is 1. The fourth-order valence-electron chi connectivity index (χ4n) is 1.16. The Balaban J connectivity index is 2.65. The van der Waals surface area contributed by atoms with Crippen LogP contribution in [0.25, 0.3) is 0 Å². The number of carboxylic acids is 1. The smallest absolute Gasteiger partial charge is 0.326 e. The third-order valence-electron chi connectivity index (χ3n) is 2.07. The molecular weight excluding hydrogens is 160 g/mol. The molecule has 0 radical (unpaired) electrons. The van der Waals surface area contributed by atoms with Crippen molar-refractivity contribution in [2.24, 2.45) is 0 Å². The zero-order valence-electron chi connectivity index (χ0n) is 7.15. The van der Waals surface area contributed by atoms with E-state index in [2.05, 4.69) is 0 Å². The van der Waals surface area contributed by atoms with E-state index < -0.39 is 12.0 Å². The number of likely N-dealkylation sites (N-methyl/N-ethyl adjacent to an activating group) is 1. The van der Waals surface area contributed by atoms with Crippen LogP contribution in [0.4, 0.5) is 4.79 Å². The van der Waals surface area contributed by atoms with Crippen LogP contribution in [0.1, 0.15) is 6.92 Å². The average Bonchev–Trinajstić information content (AvgIpc) is 2.32. The molecular formula is C7H12N2O3. The second-order valence-corrected chi connectivity index (χ2v) is 2.91. The Labute approximate surface area is 70.6 Å². The van der Waals surface area contributed by atoms with E-state index in [0.29, 0.717) is 13.1 Å². The average molecular weight is 172 g/mol. The van der Waals surface area contributed by atoms with Crippen molar-refractivity contribution >= 4 is 12.0 Å². The molecule has 0 aromatic heterocycles. The molecule has 5 nitrogen and oxygen atoms in total. The molecule has 0 spiro atoms. The third-order valence-corrected chi connectivity index (χ3v) is 2.07. The van der Waals surface area contributed by atoms with Crippen LogP contribution in [0, 0.1) is 0 Å². The van der Waals surface area contributed by atoms with Crippen LogP contribution in [0.15, 0.2) is 0 Å². The van der Waals surface area contributed by atoms with Gasteiger partial charge in [0.1, 0.15) is 6.04 Å². The SMILES string of the molecule is C[C@@H](C(=O)O)N1CCN(C)C1=O. The van der Waals surface area contributed by atoms with Gasteiger partial charge in [0.15, 0.2) is 0 Å². The van der Waals surface area contributed by atoms with Crippen molar-refractivity contribution in [3.63, 3.8) is 0 Å². The predicted octanol–water partition coefficient (Wildman–Crippen LogP) is -0.173. The first kappa shape index (κ1) is 8.83. The first-order valence-electron chi connectivity index (χ1n) is 3.78. The molecule has 1 rings (SSSR count). The standard InChI is InChI=1S/C7H12N2O3/c1-5(6(10)11)9-4-3-8(2)7(9)12/h5H,3-4H2,1-2H3,(H,10,11)/t5-/m0/s1. The molecule has 12 heavy (non-hydrogen) atoms. The van der Waals surface area contributed by atoms with Crippen molar-refractivity contribution in [1.29, 1.82) is 0 Å². The molecule has 0 saturated carbocycles. The highest BCUT2D eigenvalue weighted by Crippen LogP contribution is 2.10. The molecule has 1 fully saturated rings. The second-order valence-electron chi connectivity index (χ2n) is 2.91. The van der Waals surface area contributed by atoms with Crippen LogP contribution in [0.2, 0.25) is 0 Å². The van der Waals surface area contributed by atoms with Gasteiger partial charge in [0.25, 0.3) is 0 Å². The summed E-state index contributed by atoms with van der Waals surface area (Å²) in [5, 5.41) is 8.63. The zero-order chi connectivity index (χ0) is 9.30. The molecule has 1 atom stereocenters. The minimum Gasteiger partial charge on any atom is -0.480 e. The minimum atomic E-state index is -0.960. The highest BCUT2D eigenvalue weighted by Gasteiger charge is 2.32. The van der Waals surface area contributed by atoms with Gasteiger partial charge in [-0.1, -0.05) is 0 Å². The van der Waals surface area contributed by atoms with Crippen molar-refractivity contribution in [3.05, 3.63) is 0 Å².